The summed E-state index contributed by atoms with van der Waals surface area (Å²) in [6, 6.07) is 7.75. The highest BCUT2D eigenvalue weighted by atomic mass is 32.2. The molecule has 0 spiro atoms. The Morgan fingerprint density at radius 1 is 1.39 bits per heavy atom. The van der Waals surface area contributed by atoms with Crippen LogP contribution in [0.5, 0.6) is 5.75 Å². The van der Waals surface area contributed by atoms with E-state index in [-0.39, 0.29) is 42.2 Å². The molecule has 178 valence electrons. The minimum absolute atomic E-state index is 0.0502. The number of benzene rings is 1. The number of carbonyl (C=O) groups is 1. The number of nitrogens with zero attached hydrogens (tertiary/aromatic N) is 3. The van der Waals surface area contributed by atoms with E-state index < -0.39 is 22.2 Å². The third-order valence-corrected chi connectivity index (χ3v) is 7.78. The first-order valence-corrected chi connectivity index (χ1v) is 12.3. The van der Waals surface area contributed by atoms with Crippen LogP contribution >= 0.6 is 0 Å². The zero-order chi connectivity index (χ0) is 24.2. The Bertz CT molecular complexity index is 1100. The number of carbonyl (C=O) groups excluding carboxylic acids is 1. The van der Waals surface area contributed by atoms with E-state index in [1.54, 1.807) is 49.3 Å². The van der Waals surface area contributed by atoms with Crippen molar-refractivity contribution in [3.63, 3.8) is 0 Å². The molecule has 1 amide bonds. The largest absolute Gasteiger partial charge is 0.487 e. The number of amides is 1. The van der Waals surface area contributed by atoms with E-state index in [4.69, 9.17) is 4.74 Å². The molecule has 0 fully saturated rings. The minimum atomic E-state index is -3.89. The van der Waals surface area contributed by atoms with Crippen LogP contribution in [0.1, 0.15) is 36.7 Å². The molecule has 1 aliphatic heterocycles. The van der Waals surface area contributed by atoms with E-state index in [0.717, 1.165) is 5.56 Å². The average Bonchev–Trinajstić information content (AvgIpc) is 2.81. The van der Waals surface area contributed by atoms with Crippen molar-refractivity contribution in [2.24, 2.45) is 5.92 Å². The molecule has 0 bridgehead atoms. The Morgan fingerprint density at radius 2 is 2.15 bits per heavy atom. The first-order chi connectivity index (χ1) is 15.7. The fourth-order valence-electron chi connectivity index (χ4n) is 3.82. The van der Waals surface area contributed by atoms with Gasteiger partial charge in [0.25, 0.3) is 5.91 Å². The second-order valence-corrected chi connectivity index (χ2v) is 10.2. The summed E-state index contributed by atoms with van der Waals surface area (Å²) < 4.78 is 34.5. The third kappa shape index (κ3) is 5.43. The monoisotopic (exact) mass is 473 g/mol. The van der Waals surface area contributed by atoms with Crippen molar-refractivity contribution in [2.75, 3.05) is 26.7 Å². The Morgan fingerprint density at radius 3 is 2.79 bits per heavy atom. The maximum absolute atomic E-state index is 13.5. The second-order valence-electron chi connectivity index (χ2n) is 8.37. The number of likely N-dealkylation sites (N-methyl/N-ethyl adjacent to an activating group) is 1. The molecule has 2 aromatic rings. The van der Waals surface area contributed by atoms with Crippen LogP contribution in [0.25, 0.3) is 6.08 Å². The van der Waals surface area contributed by atoms with Crippen molar-refractivity contribution in [3.8, 4) is 5.75 Å². The number of hydrogen-bond acceptors (Lipinski definition) is 6. The molecular formula is C24H31N3O5S. The van der Waals surface area contributed by atoms with Crippen LogP contribution in [0.15, 0.2) is 53.7 Å². The van der Waals surface area contributed by atoms with E-state index in [1.807, 2.05) is 26.0 Å². The number of sulfonamides is 1. The Labute approximate surface area is 195 Å². The molecule has 1 aromatic carbocycles. The van der Waals surface area contributed by atoms with Gasteiger partial charge in [0, 0.05) is 37.9 Å². The van der Waals surface area contributed by atoms with Gasteiger partial charge in [0.15, 0.2) is 0 Å². The Hall–Kier alpha value is -2.75. The van der Waals surface area contributed by atoms with Crippen molar-refractivity contribution in [2.45, 2.75) is 37.8 Å². The van der Waals surface area contributed by atoms with E-state index in [2.05, 4.69) is 4.98 Å². The lowest BCUT2D eigenvalue weighted by Gasteiger charge is -2.37. The summed E-state index contributed by atoms with van der Waals surface area (Å²) in [7, 11) is -2.21. The highest BCUT2D eigenvalue weighted by molar-refractivity contribution is 7.89. The summed E-state index contributed by atoms with van der Waals surface area (Å²) in [5.41, 5.74) is 1.27. The fraction of sp³-hybridized carbons (Fsp3) is 0.417. The molecular weight excluding hydrogens is 442 g/mol. The van der Waals surface area contributed by atoms with Crippen LogP contribution in [0, 0.1) is 5.92 Å². The van der Waals surface area contributed by atoms with Crippen molar-refractivity contribution in [3.05, 3.63) is 59.9 Å². The van der Waals surface area contributed by atoms with Crippen LogP contribution in [0.4, 0.5) is 0 Å². The van der Waals surface area contributed by atoms with Crippen molar-refractivity contribution >= 4 is 22.0 Å². The van der Waals surface area contributed by atoms with Gasteiger partial charge in [-0.1, -0.05) is 25.1 Å². The molecule has 0 aliphatic carbocycles. The summed E-state index contributed by atoms with van der Waals surface area (Å²) in [4.78, 5) is 18.5. The minimum Gasteiger partial charge on any atom is -0.487 e. The SMILES string of the molecule is C/C=C/c1ccc2c(c1)O[C@H](CN(C)C(=O)c1cccnc1)[C@H](C)CN([C@@H](C)CO)S2(=O)=O. The first-order valence-electron chi connectivity index (χ1n) is 10.9. The molecule has 0 unspecified atom stereocenters. The van der Waals surface area contributed by atoms with Crippen LogP contribution in [0.2, 0.25) is 0 Å². The number of hydrogen-bond donors (Lipinski definition) is 1. The summed E-state index contributed by atoms with van der Waals surface area (Å²) in [6.07, 6.45) is 6.36. The standard InChI is InChI=1S/C24H31N3O5S/c1-5-7-19-9-10-23-21(12-19)32-22(15-26(4)24(29)20-8-6-11-25-13-20)17(2)14-27(18(3)16-28)33(23,30)31/h5-13,17-18,22,28H,14-16H2,1-4H3/b7-5+/t17-,18+,22-/m1/s1. The molecule has 9 heteroatoms. The summed E-state index contributed by atoms with van der Waals surface area (Å²) >= 11 is 0. The molecule has 0 radical (unpaired) electrons. The lowest BCUT2D eigenvalue weighted by atomic mass is 10.0. The van der Waals surface area contributed by atoms with Crippen LogP contribution < -0.4 is 4.74 Å². The molecule has 1 aliphatic rings. The van der Waals surface area contributed by atoms with Gasteiger partial charge in [-0.2, -0.15) is 4.31 Å². The predicted octanol–water partition coefficient (Wildman–Crippen LogP) is 2.66. The molecule has 3 atom stereocenters. The number of aliphatic hydroxyl groups is 1. The number of rotatable bonds is 6. The highest BCUT2D eigenvalue weighted by Crippen LogP contribution is 2.34. The number of ether oxygens (including phenoxy) is 1. The van der Waals surface area contributed by atoms with Crippen LogP contribution in [-0.2, 0) is 10.0 Å². The molecule has 1 N–H and O–H groups in total. The zero-order valence-corrected chi connectivity index (χ0v) is 20.2. The first kappa shape index (κ1) is 24.9. The Balaban J connectivity index is 2.01. The Kier molecular flexibility index (Phi) is 7.88. The van der Waals surface area contributed by atoms with E-state index >= 15 is 0 Å². The van der Waals surface area contributed by atoms with Gasteiger partial charge in [0.1, 0.15) is 16.7 Å². The number of fused-ring (bicyclic) bond motifs is 1. The van der Waals surface area contributed by atoms with Crippen LogP contribution in [0.3, 0.4) is 0 Å². The average molecular weight is 474 g/mol. The van der Waals surface area contributed by atoms with Gasteiger partial charge in [-0.15, -0.1) is 0 Å². The number of aromatic nitrogens is 1. The van der Waals surface area contributed by atoms with Gasteiger partial charge in [-0.05, 0) is 43.7 Å². The van der Waals surface area contributed by atoms with Gasteiger partial charge in [0.2, 0.25) is 10.0 Å². The summed E-state index contributed by atoms with van der Waals surface area (Å²) in [5.74, 6) is -0.215. The molecule has 33 heavy (non-hydrogen) atoms. The molecule has 2 heterocycles. The van der Waals surface area contributed by atoms with Crippen molar-refractivity contribution in [1.82, 2.24) is 14.2 Å². The normalized spacial score (nSPS) is 21.5. The van der Waals surface area contributed by atoms with Crippen LogP contribution in [-0.4, -0.2) is 72.5 Å². The molecule has 1 aromatic heterocycles. The van der Waals surface area contributed by atoms with E-state index in [1.165, 1.54) is 16.6 Å². The lowest BCUT2D eigenvalue weighted by Crippen LogP contribution is -2.50. The number of allylic oxidation sites excluding steroid dienone is 1. The smallest absolute Gasteiger partial charge is 0.255 e. The summed E-state index contributed by atoms with van der Waals surface area (Å²) in [5, 5.41) is 9.73. The molecule has 0 saturated carbocycles. The van der Waals surface area contributed by atoms with E-state index in [9.17, 15) is 18.3 Å². The topological polar surface area (TPSA) is 100 Å². The van der Waals surface area contributed by atoms with Gasteiger partial charge in [0.05, 0.1) is 18.7 Å². The quantitative estimate of drug-likeness (QED) is 0.692. The number of pyridine rings is 1. The zero-order valence-electron chi connectivity index (χ0n) is 19.4. The second kappa shape index (κ2) is 10.5. The summed E-state index contributed by atoms with van der Waals surface area (Å²) in [6.45, 7) is 5.54. The third-order valence-electron chi connectivity index (χ3n) is 5.76. The highest BCUT2D eigenvalue weighted by Gasteiger charge is 2.38. The van der Waals surface area contributed by atoms with Gasteiger partial charge < -0.3 is 14.7 Å². The molecule has 3 rings (SSSR count). The maximum atomic E-state index is 13.5. The molecule has 8 nitrogen and oxygen atoms in total. The fourth-order valence-corrected chi connectivity index (χ4v) is 5.64. The van der Waals surface area contributed by atoms with Gasteiger partial charge in [-0.25, -0.2) is 8.42 Å². The predicted molar refractivity (Wildman–Crippen MR) is 126 cm³/mol. The van der Waals surface area contributed by atoms with Gasteiger partial charge in [-0.3, -0.25) is 9.78 Å². The number of aliphatic hydroxyl groups excluding tert-OH is 1. The van der Waals surface area contributed by atoms with Gasteiger partial charge >= 0.3 is 0 Å². The molecule has 0 saturated heterocycles. The van der Waals surface area contributed by atoms with Crippen molar-refractivity contribution < 1.29 is 23.1 Å². The lowest BCUT2D eigenvalue weighted by molar-refractivity contribution is 0.0563. The van der Waals surface area contributed by atoms with Crippen molar-refractivity contribution in [1.29, 1.82) is 0 Å². The maximum Gasteiger partial charge on any atom is 0.255 e. The van der Waals surface area contributed by atoms with E-state index in [0.29, 0.717) is 5.56 Å².